The minimum Gasteiger partial charge on any atom is -0.399 e. The van der Waals surface area contributed by atoms with Crippen LogP contribution >= 0.6 is 11.3 Å². The number of aromatic nitrogens is 1. The summed E-state index contributed by atoms with van der Waals surface area (Å²) in [7, 11) is 0. The topological polar surface area (TPSA) is 68.0 Å². The third kappa shape index (κ3) is 3.43. The average Bonchev–Trinajstić information content (AvgIpc) is 2.74. The number of hydrogen-bond donors (Lipinski definition) is 2. The number of nitrogen functional groups attached to an aromatic ring is 1. The summed E-state index contributed by atoms with van der Waals surface area (Å²) in [6.07, 6.45) is 3.21. The number of aryl methyl sites for hydroxylation is 1. The van der Waals surface area contributed by atoms with E-state index in [1.54, 1.807) is 18.2 Å². The largest absolute Gasteiger partial charge is 0.399 e. The van der Waals surface area contributed by atoms with Gasteiger partial charge in [-0.15, -0.1) is 11.3 Å². The first-order valence-electron chi connectivity index (χ1n) is 5.40. The molecule has 3 N–H and O–H groups in total. The van der Waals surface area contributed by atoms with Crippen LogP contribution in [0.4, 0.5) is 10.8 Å². The van der Waals surface area contributed by atoms with Gasteiger partial charge in [-0.2, -0.15) is 0 Å². The van der Waals surface area contributed by atoms with E-state index >= 15 is 0 Å². The molecule has 5 heteroatoms. The van der Waals surface area contributed by atoms with Crippen LogP contribution in [0.25, 0.3) is 6.08 Å². The predicted molar refractivity (Wildman–Crippen MR) is 75.4 cm³/mol. The van der Waals surface area contributed by atoms with Crippen LogP contribution in [0.3, 0.4) is 0 Å². The molecule has 2 aromatic rings. The summed E-state index contributed by atoms with van der Waals surface area (Å²) in [4.78, 5) is 15.8. The molecule has 92 valence electrons. The first kappa shape index (κ1) is 12.3. The van der Waals surface area contributed by atoms with Gasteiger partial charge in [-0.25, -0.2) is 4.98 Å². The lowest BCUT2D eigenvalue weighted by Crippen LogP contribution is -2.07. The van der Waals surface area contributed by atoms with Crippen molar-refractivity contribution in [2.75, 3.05) is 11.1 Å². The van der Waals surface area contributed by atoms with E-state index in [4.69, 9.17) is 5.73 Å². The number of nitrogens with two attached hydrogens (primary N) is 1. The molecule has 0 aliphatic rings. The SMILES string of the molecule is Cc1csc(NC(=O)/C=C/c2ccc(N)cc2)n1. The van der Waals surface area contributed by atoms with Crippen LogP contribution in [0.5, 0.6) is 0 Å². The molecule has 1 heterocycles. The number of nitrogens with one attached hydrogen (secondary N) is 1. The number of hydrogen-bond acceptors (Lipinski definition) is 4. The molecule has 0 spiro atoms. The van der Waals surface area contributed by atoms with Gasteiger partial charge in [-0.05, 0) is 30.7 Å². The molecule has 0 atom stereocenters. The van der Waals surface area contributed by atoms with Crippen LogP contribution < -0.4 is 11.1 Å². The Bertz CT molecular complexity index is 572. The van der Waals surface area contributed by atoms with Crippen molar-refractivity contribution in [1.82, 2.24) is 4.98 Å². The average molecular weight is 259 g/mol. The Hall–Kier alpha value is -2.14. The Balaban J connectivity index is 1.96. The van der Waals surface area contributed by atoms with Crippen molar-refractivity contribution in [2.45, 2.75) is 6.92 Å². The van der Waals surface area contributed by atoms with Gasteiger partial charge in [0.25, 0.3) is 0 Å². The van der Waals surface area contributed by atoms with E-state index in [2.05, 4.69) is 10.3 Å². The van der Waals surface area contributed by atoms with E-state index in [-0.39, 0.29) is 5.91 Å². The zero-order valence-corrected chi connectivity index (χ0v) is 10.7. The lowest BCUT2D eigenvalue weighted by atomic mass is 10.2. The maximum Gasteiger partial charge on any atom is 0.250 e. The first-order chi connectivity index (χ1) is 8.63. The molecule has 0 saturated heterocycles. The fourth-order valence-corrected chi connectivity index (χ4v) is 2.03. The zero-order chi connectivity index (χ0) is 13.0. The molecular weight excluding hydrogens is 246 g/mol. The molecule has 0 unspecified atom stereocenters. The highest BCUT2D eigenvalue weighted by atomic mass is 32.1. The first-order valence-corrected chi connectivity index (χ1v) is 6.28. The van der Waals surface area contributed by atoms with Gasteiger partial charge in [-0.3, -0.25) is 10.1 Å². The van der Waals surface area contributed by atoms with Crippen LogP contribution in [0.1, 0.15) is 11.3 Å². The summed E-state index contributed by atoms with van der Waals surface area (Å²) < 4.78 is 0. The Labute approximate surface area is 109 Å². The number of carbonyl (C=O) groups is 1. The summed E-state index contributed by atoms with van der Waals surface area (Å²) in [5, 5.41) is 5.20. The van der Waals surface area contributed by atoms with Gasteiger partial charge < -0.3 is 5.73 Å². The van der Waals surface area contributed by atoms with E-state index in [9.17, 15) is 4.79 Å². The number of benzene rings is 1. The van der Waals surface area contributed by atoms with Crippen LogP contribution in [0, 0.1) is 6.92 Å². The summed E-state index contributed by atoms with van der Waals surface area (Å²) in [6.45, 7) is 1.89. The van der Waals surface area contributed by atoms with Crippen molar-refractivity contribution < 1.29 is 4.79 Å². The second-order valence-electron chi connectivity index (χ2n) is 3.78. The Morgan fingerprint density at radius 2 is 2.11 bits per heavy atom. The van der Waals surface area contributed by atoms with Crippen molar-refractivity contribution >= 4 is 34.1 Å². The molecule has 1 aromatic heterocycles. The number of carbonyl (C=O) groups excluding carboxylic acids is 1. The number of amides is 1. The third-order valence-electron chi connectivity index (χ3n) is 2.21. The smallest absolute Gasteiger partial charge is 0.250 e. The number of nitrogens with zero attached hydrogens (tertiary/aromatic N) is 1. The molecule has 4 nitrogen and oxygen atoms in total. The molecule has 0 bridgehead atoms. The lowest BCUT2D eigenvalue weighted by molar-refractivity contribution is -0.111. The van der Waals surface area contributed by atoms with Gasteiger partial charge in [0.05, 0.1) is 5.69 Å². The number of anilines is 2. The van der Waals surface area contributed by atoms with Gasteiger partial charge in [0, 0.05) is 17.1 Å². The highest BCUT2D eigenvalue weighted by Crippen LogP contribution is 2.14. The van der Waals surface area contributed by atoms with Gasteiger partial charge in [-0.1, -0.05) is 12.1 Å². The Kier molecular flexibility index (Phi) is 3.74. The van der Waals surface area contributed by atoms with Crippen LogP contribution in [0.2, 0.25) is 0 Å². The van der Waals surface area contributed by atoms with Gasteiger partial charge in [0.15, 0.2) is 5.13 Å². The molecular formula is C13H13N3OS. The van der Waals surface area contributed by atoms with Gasteiger partial charge in [0.2, 0.25) is 5.91 Å². The van der Waals surface area contributed by atoms with Crippen LogP contribution in [-0.2, 0) is 4.79 Å². The minimum absolute atomic E-state index is 0.193. The minimum atomic E-state index is -0.193. The maximum absolute atomic E-state index is 11.6. The molecule has 0 aliphatic carbocycles. The third-order valence-corrected chi connectivity index (χ3v) is 3.09. The molecule has 1 amide bonds. The van der Waals surface area contributed by atoms with E-state index in [0.29, 0.717) is 10.8 Å². The normalized spacial score (nSPS) is 10.7. The van der Waals surface area contributed by atoms with Crippen LogP contribution in [-0.4, -0.2) is 10.9 Å². The summed E-state index contributed by atoms with van der Waals surface area (Å²) in [6, 6.07) is 7.29. The van der Waals surface area contributed by atoms with E-state index in [0.717, 1.165) is 11.3 Å². The summed E-state index contributed by atoms with van der Waals surface area (Å²) >= 11 is 1.41. The van der Waals surface area contributed by atoms with Crippen molar-refractivity contribution in [3.8, 4) is 0 Å². The molecule has 0 fully saturated rings. The van der Waals surface area contributed by atoms with Crippen LogP contribution in [0.15, 0.2) is 35.7 Å². The standard InChI is InChI=1S/C13H13N3OS/c1-9-8-18-13(15-9)16-12(17)7-4-10-2-5-11(14)6-3-10/h2-8H,14H2,1H3,(H,15,16,17)/b7-4+. The van der Waals surface area contributed by atoms with Crippen molar-refractivity contribution in [3.05, 3.63) is 47.0 Å². The number of thiazole rings is 1. The van der Waals surface area contributed by atoms with E-state index in [1.807, 2.05) is 24.4 Å². The Morgan fingerprint density at radius 3 is 2.72 bits per heavy atom. The quantitative estimate of drug-likeness (QED) is 0.657. The highest BCUT2D eigenvalue weighted by Gasteiger charge is 2.01. The van der Waals surface area contributed by atoms with Gasteiger partial charge >= 0.3 is 0 Å². The Morgan fingerprint density at radius 1 is 1.39 bits per heavy atom. The molecule has 0 aliphatic heterocycles. The zero-order valence-electron chi connectivity index (χ0n) is 9.88. The molecule has 18 heavy (non-hydrogen) atoms. The fourth-order valence-electron chi connectivity index (χ4n) is 1.34. The summed E-state index contributed by atoms with van der Waals surface area (Å²) in [5.74, 6) is -0.193. The van der Waals surface area contributed by atoms with Gasteiger partial charge in [0.1, 0.15) is 0 Å². The lowest BCUT2D eigenvalue weighted by Gasteiger charge is -1.96. The molecule has 2 rings (SSSR count). The van der Waals surface area contributed by atoms with E-state index in [1.165, 1.54) is 17.4 Å². The van der Waals surface area contributed by atoms with Crippen molar-refractivity contribution in [2.24, 2.45) is 0 Å². The summed E-state index contributed by atoms with van der Waals surface area (Å²) in [5.41, 5.74) is 8.11. The van der Waals surface area contributed by atoms with Crippen molar-refractivity contribution in [1.29, 1.82) is 0 Å². The molecule has 0 radical (unpaired) electrons. The van der Waals surface area contributed by atoms with E-state index < -0.39 is 0 Å². The fraction of sp³-hybridized carbons (Fsp3) is 0.0769. The predicted octanol–water partition coefficient (Wildman–Crippen LogP) is 2.69. The number of rotatable bonds is 3. The van der Waals surface area contributed by atoms with Crippen molar-refractivity contribution in [3.63, 3.8) is 0 Å². The monoisotopic (exact) mass is 259 g/mol. The maximum atomic E-state index is 11.6. The highest BCUT2D eigenvalue weighted by molar-refractivity contribution is 7.13. The second-order valence-corrected chi connectivity index (χ2v) is 4.64. The second kappa shape index (κ2) is 5.46. The molecule has 1 aromatic carbocycles. The molecule has 0 saturated carbocycles.